The van der Waals surface area contributed by atoms with Crippen molar-refractivity contribution in [3.63, 3.8) is 0 Å². The molecule has 1 aliphatic carbocycles. The Morgan fingerprint density at radius 2 is 1.91 bits per heavy atom. The number of amides is 1. The van der Waals surface area contributed by atoms with Crippen LogP contribution in [0.2, 0.25) is 0 Å². The van der Waals surface area contributed by atoms with Gasteiger partial charge in [0.25, 0.3) is 5.91 Å². The van der Waals surface area contributed by atoms with Crippen molar-refractivity contribution in [1.29, 1.82) is 0 Å². The Kier molecular flexibility index (Phi) is 5.72. The number of aromatic nitrogens is 1. The number of ether oxygens (including phenoxy) is 2. The highest BCUT2D eigenvalue weighted by Crippen LogP contribution is 2.37. The van der Waals surface area contributed by atoms with E-state index in [1.807, 2.05) is 56.3 Å². The van der Waals surface area contributed by atoms with Crippen molar-refractivity contribution in [3.05, 3.63) is 65.2 Å². The molecule has 0 N–H and O–H groups in total. The summed E-state index contributed by atoms with van der Waals surface area (Å²) in [5.74, 6) is 0.0436. The van der Waals surface area contributed by atoms with Gasteiger partial charge in [0.1, 0.15) is 5.76 Å². The number of fused-ring (bicyclic) bond motifs is 2. The third-order valence-electron chi connectivity index (χ3n) is 6.10. The Morgan fingerprint density at radius 1 is 1.12 bits per heavy atom. The molecular formula is C26H26N2O5. The highest BCUT2D eigenvalue weighted by atomic mass is 16.5. The monoisotopic (exact) mass is 446 g/mol. The van der Waals surface area contributed by atoms with E-state index in [0.717, 1.165) is 39.9 Å². The predicted molar refractivity (Wildman–Crippen MR) is 124 cm³/mol. The van der Waals surface area contributed by atoms with Gasteiger partial charge in [-0.25, -0.2) is 9.78 Å². The molecule has 3 heterocycles. The Bertz CT molecular complexity index is 1220. The minimum Gasteiger partial charge on any atom is -0.465 e. The van der Waals surface area contributed by atoms with E-state index in [0.29, 0.717) is 25.1 Å². The quantitative estimate of drug-likeness (QED) is 0.561. The summed E-state index contributed by atoms with van der Waals surface area (Å²) in [4.78, 5) is 32.5. The Labute approximate surface area is 192 Å². The van der Waals surface area contributed by atoms with Gasteiger partial charge >= 0.3 is 5.97 Å². The van der Waals surface area contributed by atoms with Gasteiger partial charge in [0.2, 0.25) is 0 Å². The Morgan fingerprint density at radius 3 is 2.67 bits per heavy atom. The number of hydrogen-bond acceptors (Lipinski definition) is 6. The maximum absolute atomic E-state index is 13.3. The SMILES string of the molecule is C[C@@H]1CN(C(=O)COC(=O)c2c3c(nc4ccccc24)/C(=C/c2ccco2)CC3)C[C@H](C)O1. The molecule has 2 aliphatic rings. The van der Waals surface area contributed by atoms with Gasteiger partial charge in [-0.1, -0.05) is 18.2 Å². The fourth-order valence-electron chi connectivity index (χ4n) is 4.73. The molecule has 1 aromatic carbocycles. The highest BCUT2D eigenvalue weighted by Gasteiger charge is 2.30. The lowest BCUT2D eigenvalue weighted by Crippen LogP contribution is -2.49. The molecule has 1 saturated heterocycles. The smallest absolute Gasteiger partial charge is 0.339 e. The number of hydrogen-bond donors (Lipinski definition) is 0. The number of furan rings is 1. The second-order valence-corrected chi connectivity index (χ2v) is 8.65. The molecule has 7 nitrogen and oxygen atoms in total. The number of esters is 1. The number of benzene rings is 1. The van der Waals surface area contributed by atoms with Crippen LogP contribution in [-0.2, 0) is 20.7 Å². The van der Waals surface area contributed by atoms with Crippen LogP contribution in [0.25, 0.3) is 22.6 Å². The predicted octanol–water partition coefficient (Wildman–Crippen LogP) is 4.11. The van der Waals surface area contributed by atoms with Gasteiger partial charge in [-0.05, 0) is 62.1 Å². The molecule has 5 rings (SSSR count). The summed E-state index contributed by atoms with van der Waals surface area (Å²) in [6, 6.07) is 11.3. The van der Waals surface area contributed by atoms with Crippen LogP contribution in [0.4, 0.5) is 0 Å². The number of rotatable bonds is 4. The van der Waals surface area contributed by atoms with Gasteiger partial charge in [-0.3, -0.25) is 4.79 Å². The molecule has 0 unspecified atom stereocenters. The first-order valence-corrected chi connectivity index (χ1v) is 11.3. The summed E-state index contributed by atoms with van der Waals surface area (Å²) >= 11 is 0. The zero-order valence-corrected chi connectivity index (χ0v) is 18.7. The molecule has 0 saturated carbocycles. The van der Waals surface area contributed by atoms with Crippen LogP contribution in [0.15, 0.2) is 47.1 Å². The molecule has 0 spiro atoms. The molecule has 1 aliphatic heterocycles. The van der Waals surface area contributed by atoms with Gasteiger partial charge in [0.05, 0.1) is 35.2 Å². The average molecular weight is 447 g/mol. The maximum atomic E-state index is 13.3. The first-order valence-electron chi connectivity index (χ1n) is 11.3. The molecule has 0 bridgehead atoms. The summed E-state index contributed by atoms with van der Waals surface area (Å²) in [6.07, 6.45) is 4.94. The molecule has 170 valence electrons. The number of carbonyl (C=O) groups is 2. The van der Waals surface area contributed by atoms with Crippen LogP contribution in [0.3, 0.4) is 0 Å². The zero-order valence-electron chi connectivity index (χ0n) is 18.7. The number of allylic oxidation sites excluding steroid dienone is 1. The maximum Gasteiger partial charge on any atom is 0.339 e. The lowest BCUT2D eigenvalue weighted by atomic mass is 10.0. The number of morpholine rings is 1. The first kappa shape index (κ1) is 21.4. The van der Waals surface area contributed by atoms with Crippen molar-refractivity contribution >= 4 is 34.4 Å². The highest BCUT2D eigenvalue weighted by molar-refractivity contribution is 6.07. The largest absolute Gasteiger partial charge is 0.465 e. The van der Waals surface area contributed by atoms with Crippen LogP contribution in [0.1, 0.15) is 47.6 Å². The van der Waals surface area contributed by atoms with Crippen molar-refractivity contribution in [2.45, 2.75) is 38.9 Å². The first-order chi connectivity index (χ1) is 16.0. The summed E-state index contributed by atoms with van der Waals surface area (Å²) in [5.41, 5.74) is 3.89. The van der Waals surface area contributed by atoms with Crippen LogP contribution >= 0.6 is 0 Å². The van der Waals surface area contributed by atoms with Crippen LogP contribution in [-0.4, -0.2) is 53.7 Å². The van der Waals surface area contributed by atoms with Gasteiger partial charge in [0, 0.05) is 18.5 Å². The van der Waals surface area contributed by atoms with Crippen LogP contribution in [0.5, 0.6) is 0 Å². The minimum absolute atomic E-state index is 0.0415. The number of carbonyl (C=O) groups excluding carboxylic acids is 2. The van der Waals surface area contributed by atoms with E-state index in [1.54, 1.807) is 11.2 Å². The molecule has 2 aromatic heterocycles. The van der Waals surface area contributed by atoms with Crippen molar-refractivity contribution < 1.29 is 23.5 Å². The van der Waals surface area contributed by atoms with E-state index in [9.17, 15) is 9.59 Å². The molecule has 3 aromatic rings. The second kappa shape index (κ2) is 8.83. The van der Waals surface area contributed by atoms with E-state index >= 15 is 0 Å². The number of pyridine rings is 1. The molecule has 1 fully saturated rings. The Hall–Kier alpha value is -3.45. The van der Waals surface area contributed by atoms with Gasteiger partial charge in [-0.2, -0.15) is 0 Å². The van der Waals surface area contributed by atoms with Gasteiger partial charge in [-0.15, -0.1) is 0 Å². The second-order valence-electron chi connectivity index (χ2n) is 8.65. The fraction of sp³-hybridized carbons (Fsp3) is 0.346. The molecule has 7 heteroatoms. The summed E-state index contributed by atoms with van der Waals surface area (Å²) in [6.45, 7) is 4.56. The standard InChI is InChI=1S/C26H26N2O5/c1-16-13-28(14-17(2)33-16)23(29)15-32-26(30)24-20-7-3-4-8-22(20)27-25-18(9-10-21(24)25)12-19-6-5-11-31-19/h3-8,11-12,16-17H,9-10,13-15H2,1-2H3/b18-12+/t16-,17+. The van der Waals surface area contributed by atoms with Gasteiger partial charge < -0.3 is 18.8 Å². The molecule has 1 amide bonds. The van der Waals surface area contributed by atoms with Crippen molar-refractivity contribution in [3.8, 4) is 0 Å². The molecule has 0 radical (unpaired) electrons. The fourth-order valence-corrected chi connectivity index (χ4v) is 4.73. The molecular weight excluding hydrogens is 420 g/mol. The molecule has 2 atom stereocenters. The summed E-state index contributed by atoms with van der Waals surface area (Å²) < 4.78 is 16.7. The van der Waals surface area contributed by atoms with E-state index in [-0.39, 0.29) is 24.7 Å². The third-order valence-corrected chi connectivity index (χ3v) is 6.10. The average Bonchev–Trinajstić information content (AvgIpc) is 3.45. The van der Waals surface area contributed by atoms with Crippen LogP contribution in [0, 0.1) is 0 Å². The normalized spacial score (nSPS) is 21.4. The third kappa shape index (κ3) is 4.28. The van der Waals surface area contributed by atoms with E-state index in [1.165, 1.54) is 0 Å². The number of nitrogens with zero attached hydrogens (tertiary/aromatic N) is 2. The van der Waals surface area contributed by atoms with Gasteiger partial charge in [0.15, 0.2) is 6.61 Å². The van der Waals surface area contributed by atoms with E-state index in [4.69, 9.17) is 18.9 Å². The van der Waals surface area contributed by atoms with Crippen LogP contribution < -0.4 is 0 Å². The van der Waals surface area contributed by atoms with Crippen molar-refractivity contribution in [2.24, 2.45) is 0 Å². The number of para-hydroxylation sites is 1. The van der Waals surface area contributed by atoms with E-state index in [2.05, 4.69) is 0 Å². The lowest BCUT2D eigenvalue weighted by molar-refractivity contribution is -0.146. The summed E-state index contributed by atoms with van der Waals surface area (Å²) in [5, 5.41) is 0.738. The van der Waals surface area contributed by atoms with E-state index < -0.39 is 5.97 Å². The van der Waals surface area contributed by atoms with Crippen molar-refractivity contribution in [2.75, 3.05) is 19.7 Å². The Balaban J connectivity index is 1.43. The topological polar surface area (TPSA) is 81.9 Å². The lowest BCUT2D eigenvalue weighted by Gasteiger charge is -2.35. The minimum atomic E-state index is -0.494. The van der Waals surface area contributed by atoms with Crippen molar-refractivity contribution in [1.82, 2.24) is 9.88 Å². The molecule has 33 heavy (non-hydrogen) atoms. The zero-order chi connectivity index (χ0) is 22.9. The summed E-state index contributed by atoms with van der Waals surface area (Å²) in [7, 11) is 0.